The minimum atomic E-state index is -0.543. The van der Waals surface area contributed by atoms with Crippen LogP contribution in [0.4, 0.5) is 11.4 Å². The maximum absolute atomic E-state index is 10.0. The van der Waals surface area contributed by atoms with Crippen LogP contribution in [0.25, 0.3) is 0 Å². The molecular formula is C23H31NO3. The van der Waals surface area contributed by atoms with Crippen molar-refractivity contribution in [2.24, 2.45) is 0 Å². The zero-order chi connectivity index (χ0) is 20.0. The molecule has 2 N–H and O–H groups in total. The summed E-state index contributed by atoms with van der Waals surface area (Å²) in [4.78, 5) is 0. The van der Waals surface area contributed by atoms with Crippen molar-refractivity contribution in [3.8, 4) is 5.75 Å². The molecule has 1 saturated heterocycles. The van der Waals surface area contributed by atoms with Gasteiger partial charge in [-0.05, 0) is 69.0 Å². The van der Waals surface area contributed by atoms with Crippen LogP contribution < -0.4 is 5.32 Å². The Morgan fingerprint density at radius 3 is 1.96 bits per heavy atom. The molecule has 0 aliphatic carbocycles. The first-order valence-corrected chi connectivity index (χ1v) is 9.45. The van der Waals surface area contributed by atoms with Crippen LogP contribution in [-0.4, -0.2) is 16.3 Å². The number of anilines is 2. The van der Waals surface area contributed by atoms with Crippen LogP contribution in [0.2, 0.25) is 0 Å². The molecule has 1 aliphatic rings. The third-order valence-electron chi connectivity index (χ3n) is 5.57. The van der Waals surface area contributed by atoms with Crippen molar-refractivity contribution in [3.05, 3.63) is 53.6 Å². The Balaban J connectivity index is 1.89. The van der Waals surface area contributed by atoms with Gasteiger partial charge < -0.3 is 19.9 Å². The first-order chi connectivity index (χ1) is 12.4. The fourth-order valence-corrected chi connectivity index (χ4v) is 3.04. The highest BCUT2D eigenvalue weighted by molar-refractivity contribution is 5.65. The summed E-state index contributed by atoms with van der Waals surface area (Å²) in [7, 11) is 0. The molecule has 1 fully saturated rings. The van der Waals surface area contributed by atoms with Crippen molar-refractivity contribution >= 4 is 11.4 Å². The van der Waals surface area contributed by atoms with E-state index < -0.39 is 17.5 Å². The van der Waals surface area contributed by atoms with E-state index in [2.05, 4.69) is 50.4 Å². The molecule has 2 aromatic rings. The van der Waals surface area contributed by atoms with E-state index in [0.717, 1.165) is 16.9 Å². The molecular weight excluding hydrogens is 338 g/mol. The SMILES string of the molecule is CC(C)(C)c1ccc(Nc2ccc(O)cc2C2OC(C)(C)C(C)(C)O2)cc1. The predicted molar refractivity (Wildman–Crippen MR) is 110 cm³/mol. The number of hydrogen-bond donors (Lipinski definition) is 2. The van der Waals surface area contributed by atoms with Gasteiger partial charge in [-0.15, -0.1) is 0 Å². The summed E-state index contributed by atoms with van der Waals surface area (Å²) in [5, 5.41) is 13.5. The first kappa shape index (κ1) is 19.7. The highest BCUT2D eigenvalue weighted by Gasteiger charge is 2.50. The number of aromatic hydroxyl groups is 1. The lowest BCUT2D eigenvalue weighted by Crippen LogP contribution is -2.41. The molecule has 1 aliphatic heterocycles. The molecule has 0 saturated carbocycles. The van der Waals surface area contributed by atoms with Gasteiger partial charge in [0.1, 0.15) is 5.75 Å². The Bertz CT molecular complexity index is 801. The van der Waals surface area contributed by atoms with Crippen LogP contribution in [0.1, 0.15) is 65.9 Å². The van der Waals surface area contributed by atoms with Crippen LogP contribution in [-0.2, 0) is 14.9 Å². The van der Waals surface area contributed by atoms with Crippen LogP contribution >= 0.6 is 0 Å². The van der Waals surface area contributed by atoms with Crippen molar-refractivity contribution in [1.82, 2.24) is 0 Å². The largest absolute Gasteiger partial charge is 0.508 e. The molecule has 0 bridgehead atoms. The lowest BCUT2D eigenvalue weighted by atomic mass is 9.87. The topological polar surface area (TPSA) is 50.7 Å². The molecule has 0 atom stereocenters. The van der Waals surface area contributed by atoms with E-state index in [1.54, 1.807) is 12.1 Å². The van der Waals surface area contributed by atoms with Crippen LogP contribution in [0.5, 0.6) is 5.75 Å². The predicted octanol–water partition coefficient (Wildman–Crippen LogP) is 6.04. The zero-order valence-electron chi connectivity index (χ0n) is 17.4. The lowest BCUT2D eigenvalue weighted by molar-refractivity contribution is -0.0891. The van der Waals surface area contributed by atoms with Crippen molar-refractivity contribution < 1.29 is 14.6 Å². The average Bonchev–Trinajstić information content (AvgIpc) is 2.77. The summed E-state index contributed by atoms with van der Waals surface area (Å²) in [5.74, 6) is 0.188. The standard InChI is InChI=1S/C23H31NO3/c1-21(2,3)15-8-10-16(11-9-15)24-19-13-12-17(25)14-18(19)20-26-22(4,5)23(6,7)27-20/h8-14,20,24-25H,1-7H3. The van der Waals surface area contributed by atoms with Gasteiger partial charge >= 0.3 is 0 Å². The molecule has 0 spiro atoms. The molecule has 27 heavy (non-hydrogen) atoms. The smallest absolute Gasteiger partial charge is 0.187 e. The normalized spacial score (nSPS) is 19.2. The summed E-state index contributed by atoms with van der Waals surface area (Å²) in [6.07, 6.45) is -0.543. The maximum atomic E-state index is 10.0. The third kappa shape index (κ3) is 3.97. The Hall–Kier alpha value is -2.04. The molecule has 0 aromatic heterocycles. The second-order valence-electron chi connectivity index (χ2n) is 9.31. The molecule has 0 unspecified atom stereocenters. The summed E-state index contributed by atoms with van der Waals surface area (Å²) in [6, 6.07) is 13.6. The van der Waals surface area contributed by atoms with Gasteiger partial charge in [0.2, 0.25) is 0 Å². The van der Waals surface area contributed by atoms with Gasteiger partial charge in [-0.25, -0.2) is 0 Å². The fraction of sp³-hybridized carbons (Fsp3) is 0.478. The number of rotatable bonds is 3. The first-order valence-electron chi connectivity index (χ1n) is 9.45. The number of nitrogens with one attached hydrogen (secondary N) is 1. The van der Waals surface area contributed by atoms with E-state index in [1.807, 2.05) is 33.8 Å². The van der Waals surface area contributed by atoms with Gasteiger partial charge in [-0.1, -0.05) is 32.9 Å². The van der Waals surface area contributed by atoms with E-state index in [-0.39, 0.29) is 11.2 Å². The average molecular weight is 370 g/mol. The number of hydrogen-bond acceptors (Lipinski definition) is 4. The molecule has 0 radical (unpaired) electrons. The minimum Gasteiger partial charge on any atom is -0.508 e. The van der Waals surface area contributed by atoms with Crippen molar-refractivity contribution in [2.45, 2.75) is 71.4 Å². The summed E-state index contributed by atoms with van der Waals surface area (Å²) >= 11 is 0. The van der Waals surface area contributed by atoms with E-state index in [0.29, 0.717) is 0 Å². The maximum Gasteiger partial charge on any atom is 0.187 e. The van der Waals surface area contributed by atoms with E-state index in [9.17, 15) is 5.11 Å². The molecule has 146 valence electrons. The summed E-state index contributed by atoms with van der Waals surface area (Å²) < 4.78 is 12.3. The van der Waals surface area contributed by atoms with Crippen molar-refractivity contribution in [2.75, 3.05) is 5.32 Å². The zero-order valence-corrected chi connectivity index (χ0v) is 17.4. The molecule has 4 nitrogen and oxygen atoms in total. The Labute approximate surface area is 162 Å². The van der Waals surface area contributed by atoms with Crippen LogP contribution in [0.15, 0.2) is 42.5 Å². The van der Waals surface area contributed by atoms with Gasteiger partial charge in [-0.3, -0.25) is 0 Å². The van der Waals surface area contributed by atoms with Crippen molar-refractivity contribution in [3.63, 3.8) is 0 Å². The van der Waals surface area contributed by atoms with Gasteiger partial charge in [0.05, 0.1) is 11.2 Å². The number of phenols is 1. The van der Waals surface area contributed by atoms with E-state index >= 15 is 0 Å². The monoisotopic (exact) mass is 369 g/mol. The van der Waals surface area contributed by atoms with Gasteiger partial charge in [0.15, 0.2) is 6.29 Å². The second-order valence-corrected chi connectivity index (χ2v) is 9.31. The summed E-state index contributed by atoms with van der Waals surface area (Å²) in [5.41, 5.74) is 3.15. The van der Waals surface area contributed by atoms with Crippen LogP contribution in [0, 0.1) is 0 Å². The number of phenolic OH excluding ortho intramolecular Hbond substituents is 1. The van der Waals surface area contributed by atoms with Gasteiger partial charge in [0, 0.05) is 16.9 Å². The highest BCUT2D eigenvalue weighted by Crippen LogP contribution is 2.47. The molecule has 4 heteroatoms. The fourth-order valence-electron chi connectivity index (χ4n) is 3.04. The van der Waals surface area contributed by atoms with E-state index in [1.165, 1.54) is 5.56 Å². The Kier molecular flexibility index (Phi) is 4.77. The minimum absolute atomic E-state index is 0.116. The van der Waals surface area contributed by atoms with Crippen LogP contribution in [0.3, 0.4) is 0 Å². The summed E-state index contributed by atoms with van der Waals surface area (Å²) in [6.45, 7) is 14.7. The van der Waals surface area contributed by atoms with Crippen molar-refractivity contribution in [1.29, 1.82) is 0 Å². The quantitative estimate of drug-likeness (QED) is 0.648. The molecule has 2 aromatic carbocycles. The Morgan fingerprint density at radius 1 is 0.889 bits per heavy atom. The third-order valence-corrected chi connectivity index (χ3v) is 5.57. The van der Waals surface area contributed by atoms with Gasteiger partial charge in [-0.2, -0.15) is 0 Å². The molecule has 3 rings (SSSR count). The van der Waals surface area contributed by atoms with Gasteiger partial charge in [0.25, 0.3) is 0 Å². The number of ether oxygens (including phenoxy) is 2. The molecule has 1 heterocycles. The second kappa shape index (κ2) is 6.54. The molecule has 0 amide bonds. The Morgan fingerprint density at radius 2 is 1.44 bits per heavy atom. The van der Waals surface area contributed by atoms with E-state index in [4.69, 9.17) is 9.47 Å². The highest BCUT2D eigenvalue weighted by atomic mass is 16.7. The lowest BCUT2D eigenvalue weighted by Gasteiger charge is -2.30. The number of benzene rings is 2.